The highest BCUT2D eigenvalue weighted by Gasteiger charge is 2.11. The van der Waals surface area contributed by atoms with E-state index < -0.39 is 0 Å². The van der Waals surface area contributed by atoms with Gasteiger partial charge in [0, 0.05) is 29.4 Å². The SMILES string of the molecule is COc1cccc(NC(=O)c2cccc(C(=O)NCCCN(C)C)c2)c1. The third kappa shape index (κ3) is 5.89. The number of carbonyl (C=O) groups is 2. The van der Waals surface area contributed by atoms with Crippen molar-refractivity contribution in [2.24, 2.45) is 0 Å². The summed E-state index contributed by atoms with van der Waals surface area (Å²) in [6.45, 7) is 1.50. The first kappa shape index (κ1) is 19.5. The van der Waals surface area contributed by atoms with E-state index in [2.05, 4.69) is 15.5 Å². The monoisotopic (exact) mass is 355 g/mol. The van der Waals surface area contributed by atoms with Crippen molar-refractivity contribution >= 4 is 17.5 Å². The topological polar surface area (TPSA) is 70.7 Å². The van der Waals surface area contributed by atoms with Crippen LogP contribution in [0.4, 0.5) is 5.69 Å². The molecule has 0 aliphatic heterocycles. The van der Waals surface area contributed by atoms with Crippen LogP contribution >= 0.6 is 0 Å². The van der Waals surface area contributed by atoms with Crippen LogP contribution in [0.25, 0.3) is 0 Å². The molecule has 2 aromatic rings. The van der Waals surface area contributed by atoms with E-state index in [-0.39, 0.29) is 11.8 Å². The molecule has 26 heavy (non-hydrogen) atoms. The van der Waals surface area contributed by atoms with Crippen LogP contribution in [-0.4, -0.2) is 51.0 Å². The van der Waals surface area contributed by atoms with Crippen molar-refractivity contribution in [1.29, 1.82) is 0 Å². The minimum absolute atomic E-state index is 0.181. The molecule has 0 saturated carbocycles. The molecule has 0 unspecified atom stereocenters. The Kier molecular flexibility index (Phi) is 7.17. The average Bonchev–Trinajstić information content (AvgIpc) is 2.65. The zero-order valence-corrected chi connectivity index (χ0v) is 15.4. The largest absolute Gasteiger partial charge is 0.497 e. The number of rotatable bonds is 8. The van der Waals surface area contributed by atoms with Crippen LogP contribution in [0.5, 0.6) is 5.75 Å². The number of ether oxygens (including phenoxy) is 1. The summed E-state index contributed by atoms with van der Waals surface area (Å²) in [5.74, 6) is 0.203. The van der Waals surface area contributed by atoms with Gasteiger partial charge in [0.25, 0.3) is 11.8 Å². The number of nitrogens with one attached hydrogen (secondary N) is 2. The van der Waals surface area contributed by atoms with Gasteiger partial charge in [-0.3, -0.25) is 9.59 Å². The lowest BCUT2D eigenvalue weighted by Gasteiger charge is -2.11. The fourth-order valence-corrected chi connectivity index (χ4v) is 2.41. The molecule has 2 N–H and O–H groups in total. The second-order valence-corrected chi connectivity index (χ2v) is 6.18. The Balaban J connectivity index is 1.98. The summed E-state index contributed by atoms with van der Waals surface area (Å²) >= 11 is 0. The van der Waals surface area contributed by atoms with Crippen LogP contribution in [0.15, 0.2) is 48.5 Å². The van der Waals surface area contributed by atoms with Crippen LogP contribution in [0.2, 0.25) is 0 Å². The summed E-state index contributed by atoms with van der Waals surface area (Å²) < 4.78 is 5.15. The van der Waals surface area contributed by atoms with Crippen molar-refractivity contribution in [3.8, 4) is 5.75 Å². The number of hydrogen-bond donors (Lipinski definition) is 2. The molecule has 6 nitrogen and oxygen atoms in total. The number of carbonyl (C=O) groups excluding carboxylic acids is 2. The first-order valence-corrected chi connectivity index (χ1v) is 8.48. The predicted molar refractivity (Wildman–Crippen MR) is 103 cm³/mol. The van der Waals surface area contributed by atoms with Gasteiger partial charge in [-0.05, 0) is 57.4 Å². The van der Waals surface area contributed by atoms with E-state index in [0.717, 1.165) is 13.0 Å². The number of benzene rings is 2. The maximum absolute atomic E-state index is 12.4. The molecule has 0 fully saturated rings. The molecule has 2 aromatic carbocycles. The summed E-state index contributed by atoms with van der Waals surface area (Å²) in [7, 11) is 5.56. The summed E-state index contributed by atoms with van der Waals surface area (Å²) in [4.78, 5) is 26.7. The molecule has 0 aliphatic carbocycles. The Morgan fingerprint density at radius 2 is 1.69 bits per heavy atom. The first-order valence-electron chi connectivity index (χ1n) is 8.48. The summed E-state index contributed by atoms with van der Waals surface area (Å²) in [6, 6.07) is 13.8. The lowest BCUT2D eigenvalue weighted by atomic mass is 10.1. The Bertz CT molecular complexity index is 759. The van der Waals surface area contributed by atoms with E-state index in [1.165, 1.54) is 0 Å². The van der Waals surface area contributed by atoms with Crippen LogP contribution in [-0.2, 0) is 0 Å². The summed E-state index contributed by atoms with van der Waals surface area (Å²) in [5, 5.41) is 5.68. The zero-order valence-electron chi connectivity index (χ0n) is 15.4. The molecule has 6 heteroatoms. The molecular weight excluding hydrogens is 330 g/mol. The van der Waals surface area contributed by atoms with E-state index in [4.69, 9.17) is 4.74 Å². The molecule has 2 amide bonds. The maximum Gasteiger partial charge on any atom is 0.255 e. The number of methoxy groups -OCH3 is 1. The van der Waals surface area contributed by atoms with Gasteiger partial charge in [-0.1, -0.05) is 12.1 Å². The lowest BCUT2D eigenvalue weighted by Crippen LogP contribution is -2.27. The Labute approximate surface area is 154 Å². The molecule has 0 saturated heterocycles. The highest BCUT2D eigenvalue weighted by atomic mass is 16.5. The second kappa shape index (κ2) is 9.58. The molecule has 0 spiro atoms. The van der Waals surface area contributed by atoms with Crippen molar-refractivity contribution in [3.05, 3.63) is 59.7 Å². The van der Waals surface area contributed by atoms with E-state index in [0.29, 0.717) is 29.1 Å². The minimum atomic E-state index is -0.277. The van der Waals surface area contributed by atoms with E-state index in [1.807, 2.05) is 14.1 Å². The van der Waals surface area contributed by atoms with Crippen LogP contribution < -0.4 is 15.4 Å². The van der Waals surface area contributed by atoms with Gasteiger partial charge in [0.15, 0.2) is 0 Å². The molecule has 138 valence electrons. The van der Waals surface area contributed by atoms with Crippen molar-refractivity contribution in [2.45, 2.75) is 6.42 Å². The van der Waals surface area contributed by atoms with Crippen molar-refractivity contribution < 1.29 is 14.3 Å². The third-order valence-corrected chi connectivity index (χ3v) is 3.78. The summed E-state index contributed by atoms with van der Waals surface area (Å²) in [6.07, 6.45) is 0.870. The summed E-state index contributed by atoms with van der Waals surface area (Å²) in [5.41, 5.74) is 1.52. The number of hydrogen-bond acceptors (Lipinski definition) is 4. The average molecular weight is 355 g/mol. The van der Waals surface area contributed by atoms with Gasteiger partial charge in [-0.2, -0.15) is 0 Å². The van der Waals surface area contributed by atoms with Crippen LogP contribution in [0, 0.1) is 0 Å². The molecular formula is C20H25N3O3. The highest BCUT2D eigenvalue weighted by molar-refractivity contribution is 6.06. The van der Waals surface area contributed by atoms with Gasteiger partial charge in [0.2, 0.25) is 0 Å². The lowest BCUT2D eigenvalue weighted by molar-refractivity contribution is 0.0952. The fourth-order valence-electron chi connectivity index (χ4n) is 2.41. The van der Waals surface area contributed by atoms with E-state index in [9.17, 15) is 9.59 Å². The van der Waals surface area contributed by atoms with Crippen LogP contribution in [0.3, 0.4) is 0 Å². The highest BCUT2D eigenvalue weighted by Crippen LogP contribution is 2.17. The number of amides is 2. The van der Waals surface area contributed by atoms with Crippen molar-refractivity contribution in [1.82, 2.24) is 10.2 Å². The molecule has 0 aliphatic rings. The first-order chi connectivity index (χ1) is 12.5. The Morgan fingerprint density at radius 1 is 1.00 bits per heavy atom. The quantitative estimate of drug-likeness (QED) is 0.714. The fraction of sp³-hybridized carbons (Fsp3) is 0.300. The number of anilines is 1. The second-order valence-electron chi connectivity index (χ2n) is 6.18. The standard InChI is InChI=1S/C20H25N3O3/c1-23(2)12-6-11-21-19(24)15-7-4-8-16(13-15)20(25)22-17-9-5-10-18(14-17)26-3/h4-5,7-10,13-14H,6,11-12H2,1-3H3,(H,21,24)(H,22,25). The predicted octanol–water partition coefficient (Wildman–Crippen LogP) is 2.63. The molecule has 0 radical (unpaired) electrons. The molecule has 0 atom stereocenters. The normalized spacial score (nSPS) is 10.5. The Hall–Kier alpha value is -2.86. The van der Waals surface area contributed by atoms with Gasteiger partial charge in [0.05, 0.1) is 7.11 Å². The van der Waals surface area contributed by atoms with Gasteiger partial charge >= 0.3 is 0 Å². The molecule has 0 heterocycles. The Morgan fingerprint density at radius 3 is 2.38 bits per heavy atom. The van der Waals surface area contributed by atoms with Crippen molar-refractivity contribution in [3.63, 3.8) is 0 Å². The molecule has 0 bridgehead atoms. The van der Waals surface area contributed by atoms with Crippen molar-refractivity contribution in [2.75, 3.05) is 39.6 Å². The zero-order chi connectivity index (χ0) is 18.9. The third-order valence-electron chi connectivity index (χ3n) is 3.78. The van der Waals surface area contributed by atoms with E-state index >= 15 is 0 Å². The molecule has 0 aromatic heterocycles. The molecule has 2 rings (SSSR count). The van der Waals surface area contributed by atoms with Gasteiger partial charge < -0.3 is 20.3 Å². The van der Waals surface area contributed by atoms with Gasteiger partial charge in [-0.25, -0.2) is 0 Å². The van der Waals surface area contributed by atoms with Gasteiger partial charge in [0.1, 0.15) is 5.75 Å². The van der Waals surface area contributed by atoms with Crippen LogP contribution in [0.1, 0.15) is 27.1 Å². The maximum atomic E-state index is 12.4. The van der Waals surface area contributed by atoms with Gasteiger partial charge in [-0.15, -0.1) is 0 Å². The number of nitrogens with zero attached hydrogens (tertiary/aromatic N) is 1. The van der Waals surface area contributed by atoms with E-state index in [1.54, 1.807) is 55.6 Å². The minimum Gasteiger partial charge on any atom is -0.497 e. The smallest absolute Gasteiger partial charge is 0.255 e.